The van der Waals surface area contributed by atoms with Gasteiger partial charge in [-0.2, -0.15) is 0 Å². The van der Waals surface area contributed by atoms with Crippen molar-refractivity contribution in [1.29, 1.82) is 0 Å². The molecule has 0 atom stereocenters. The van der Waals surface area contributed by atoms with Crippen molar-refractivity contribution in [2.45, 2.75) is 19.8 Å². The molecule has 0 aliphatic carbocycles. The van der Waals surface area contributed by atoms with E-state index in [4.69, 9.17) is 0 Å². The van der Waals surface area contributed by atoms with Crippen LogP contribution < -0.4 is 5.32 Å². The fourth-order valence-corrected chi connectivity index (χ4v) is 2.51. The highest BCUT2D eigenvalue weighted by molar-refractivity contribution is 7.13. The second kappa shape index (κ2) is 6.56. The van der Waals surface area contributed by atoms with Crippen LogP contribution in [0.1, 0.15) is 27.2 Å². The van der Waals surface area contributed by atoms with Crippen LogP contribution in [0.4, 0.5) is 8.78 Å². The highest BCUT2D eigenvalue weighted by Gasteiger charge is 2.11. The zero-order valence-corrected chi connectivity index (χ0v) is 11.8. The molecular formula is C14H14F2N2OS. The van der Waals surface area contributed by atoms with Gasteiger partial charge in [0.25, 0.3) is 5.91 Å². The molecule has 1 aromatic heterocycles. The van der Waals surface area contributed by atoms with E-state index in [2.05, 4.69) is 10.3 Å². The quantitative estimate of drug-likeness (QED) is 0.921. The summed E-state index contributed by atoms with van der Waals surface area (Å²) in [5.41, 5.74) is -0.00801. The first-order chi connectivity index (χ1) is 9.61. The molecule has 0 unspecified atom stereocenters. The summed E-state index contributed by atoms with van der Waals surface area (Å²) in [5.74, 6) is -1.45. The Morgan fingerprint density at radius 2 is 2.05 bits per heavy atom. The van der Waals surface area contributed by atoms with Crippen LogP contribution >= 0.6 is 11.3 Å². The molecule has 0 bridgehead atoms. The van der Waals surface area contributed by atoms with Crippen molar-refractivity contribution >= 4 is 17.2 Å². The summed E-state index contributed by atoms with van der Waals surface area (Å²) in [7, 11) is 0. The average Bonchev–Trinajstić information content (AvgIpc) is 2.91. The molecule has 2 aromatic rings. The maximum Gasteiger partial charge on any atom is 0.263 e. The van der Waals surface area contributed by atoms with E-state index in [1.807, 2.05) is 6.92 Å². The topological polar surface area (TPSA) is 42.0 Å². The summed E-state index contributed by atoms with van der Waals surface area (Å²) < 4.78 is 26.8. The van der Waals surface area contributed by atoms with Crippen molar-refractivity contribution in [3.63, 3.8) is 0 Å². The molecule has 0 aliphatic heterocycles. The van der Waals surface area contributed by atoms with Gasteiger partial charge in [0.15, 0.2) is 0 Å². The molecule has 2 rings (SSSR count). The number of nitrogens with zero attached hydrogens (tertiary/aromatic N) is 1. The Kier molecular flexibility index (Phi) is 4.79. The number of amides is 1. The van der Waals surface area contributed by atoms with Gasteiger partial charge in [-0.05, 0) is 25.0 Å². The molecule has 20 heavy (non-hydrogen) atoms. The van der Waals surface area contributed by atoms with Gasteiger partial charge >= 0.3 is 0 Å². The molecule has 6 heteroatoms. The number of halogens is 2. The number of nitrogens with one attached hydrogen (secondary N) is 1. The molecule has 1 N–H and O–H groups in total. The van der Waals surface area contributed by atoms with E-state index in [0.717, 1.165) is 11.4 Å². The number of rotatable bonds is 5. The van der Waals surface area contributed by atoms with E-state index in [-0.39, 0.29) is 24.4 Å². The van der Waals surface area contributed by atoms with E-state index in [9.17, 15) is 13.6 Å². The first-order valence-electron chi connectivity index (χ1n) is 6.27. The monoisotopic (exact) mass is 296 g/mol. The molecule has 0 aliphatic rings. The van der Waals surface area contributed by atoms with Gasteiger partial charge in [-0.3, -0.25) is 4.79 Å². The molecule has 0 saturated carbocycles. The fraction of sp³-hybridized carbons (Fsp3) is 0.286. The van der Waals surface area contributed by atoms with Crippen molar-refractivity contribution < 1.29 is 13.6 Å². The Morgan fingerprint density at radius 1 is 1.35 bits per heavy atom. The Bertz CT molecular complexity index is 593. The van der Waals surface area contributed by atoms with E-state index < -0.39 is 11.6 Å². The average molecular weight is 296 g/mol. The Labute approximate surface area is 119 Å². The third-order valence-corrected chi connectivity index (χ3v) is 3.94. The molecule has 1 aromatic carbocycles. The second-order valence-electron chi connectivity index (χ2n) is 4.18. The minimum atomic E-state index is -0.592. The summed E-state index contributed by atoms with van der Waals surface area (Å²) in [5, 5.41) is 3.52. The molecule has 0 saturated heterocycles. The number of carbonyl (C=O) groups excluding carboxylic acids is 1. The third-order valence-electron chi connectivity index (χ3n) is 2.80. The van der Waals surface area contributed by atoms with Gasteiger partial charge in [-0.25, -0.2) is 13.8 Å². The Morgan fingerprint density at radius 3 is 2.65 bits per heavy atom. The number of thiazole rings is 1. The number of hydrogen-bond donors (Lipinski definition) is 1. The molecule has 106 valence electrons. The largest absolute Gasteiger partial charge is 0.351 e. The van der Waals surface area contributed by atoms with Crippen molar-refractivity contribution in [2.24, 2.45) is 0 Å². The minimum absolute atomic E-state index is 0.00801. The zero-order chi connectivity index (χ0) is 14.5. The van der Waals surface area contributed by atoms with Crippen molar-refractivity contribution in [2.75, 3.05) is 6.54 Å². The van der Waals surface area contributed by atoms with Crippen LogP contribution in [-0.2, 0) is 12.8 Å². The van der Waals surface area contributed by atoms with E-state index in [1.165, 1.54) is 35.7 Å². The molecule has 1 amide bonds. The van der Waals surface area contributed by atoms with Crippen molar-refractivity contribution in [3.05, 3.63) is 51.5 Å². The number of benzene rings is 1. The van der Waals surface area contributed by atoms with E-state index >= 15 is 0 Å². The standard InChI is InChI=1S/C14H14F2N2OS/c1-2-13-18-8-12(20-13)14(19)17-7-6-9-10(15)4-3-5-11(9)16/h3-5,8H,2,6-7H2,1H3,(H,17,19). The van der Waals surface area contributed by atoms with Gasteiger partial charge in [0, 0.05) is 12.1 Å². The zero-order valence-electron chi connectivity index (χ0n) is 11.0. The van der Waals surface area contributed by atoms with Crippen LogP contribution in [0.3, 0.4) is 0 Å². The van der Waals surface area contributed by atoms with Gasteiger partial charge in [0.05, 0.1) is 11.2 Å². The van der Waals surface area contributed by atoms with Gasteiger partial charge in [0.1, 0.15) is 16.5 Å². The summed E-state index contributed by atoms with van der Waals surface area (Å²) in [6, 6.07) is 3.73. The predicted octanol–water partition coefficient (Wildman–Crippen LogP) is 2.96. The van der Waals surface area contributed by atoms with Crippen molar-refractivity contribution in [1.82, 2.24) is 10.3 Å². The lowest BCUT2D eigenvalue weighted by atomic mass is 10.1. The molecule has 3 nitrogen and oxygen atoms in total. The maximum absolute atomic E-state index is 13.4. The Hall–Kier alpha value is -1.82. The number of aromatic nitrogens is 1. The lowest BCUT2D eigenvalue weighted by Gasteiger charge is -2.06. The van der Waals surface area contributed by atoms with Crippen LogP contribution in [0, 0.1) is 11.6 Å². The van der Waals surface area contributed by atoms with Gasteiger partial charge in [-0.15, -0.1) is 11.3 Å². The summed E-state index contributed by atoms with van der Waals surface area (Å²) in [6.07, 6.45) is 2.41. The van der Waals surface area contributed by atoms with E-state index in [1.54, 1.807) is 0 Å². The minimum Gasteiger partial charge on any atom is -0.351 e. The number of aryl methyl sites for hydroxylation is 1. The molecule has 0 radical (unpaired) electrons. The fourth-order valence-electron chi connectivity index (χ4n) is 1.74. The predicted molar refractivity (Wildman–Crippen MR) is 73.9 cm³/mol. The number of carbonyl (C=O) groups is 1. The van der Waals surface area contributed by atoms with Gasteiger partial charge < -0.3 is 5.32 Å². The molecule has 0 spiro atoms. The first kappa shape index (κ1) is 14.6. The normalized spacial score (nSPS) is 10.6. The third kappa shape index (κ3) is 3.39. The second-order valence-corrected chi connectivity index (χ2v) is 5.29. The lowest BCUT2D eigenvalue weighted by molar-refractivity contribution is 0.0957. The number of hydrogen-bond acceptors (Lipinski definition) is 3. The van der Waals surface area contributed by atoms with Crippen LogP contribution in [0.15, 0.2) is 24.4 Å². The summed E-state index contributed by atoms with van der Waals surface area (Å²) in [6.45, 7) is 2.14. The van der Waals surface area contributed by atoms with Crippen LogP contribution in [0.25, 0.3) is 0 Å². The van der Waals surface area contributed by atoms with Crippen molar-refractivity contribution in [3.8, 4) is 0 Å². The smallest absolute Gasteiger partial charge is 0.263 e. The molecule has 0 fully saturated rings. The molecular weight excluding hydrogens is 282 g/mol. The highest BCUT2D eigenvalue weighted by Crippen LogP contribution is 2.14. The molecule has 1 heterocycles. The summed E-state index contributed by atoms with van der Waals surface area (Å²) in [4.78, 5) is 16.4. The van der Waals surface area contributed by atoms with Gasteiger partial charge in [-0.1, -0.05) is 13.0 Å². The SMILES string of the molecule is CCc1ncc(C(=O)NCCc2c(F)cccc2F)s1. The first-order valence-corrected chi connectivity index (χ1v) is 7.09. The maximum atomic E-state index is 13.4. The Balaban J connectivity index is 1.91. The van der Waals surface area contributed by atoms with Crippen LogP contribution in [0.5, 0.6) is 0 Å². The van der Waals surface area contributed by atoms with Gasteiger partial charge in [0.2, 0.25) is 0 Å². The van der Waals surface area contributed by atoms with Crippen LogP contribution in [-0.4, -0.2) is 17.4 Å². The highest BCUT2D eigenvalue weighted by atomic mass is 32.1. The van der Waals surface area contributed by atoms with E-state index in [0.29, 0.717) is 4.88 Å². The summed E-state index contributed by atoms with van der Waals surface area (Å²) >= 11 is 1.32. The lowest BCUT2D eigenvalue weighted by Crippen LogP contribution is -2.25. The van der Waals surface area contributed by atoms with Crippen LogP contribution in [0.2, 0.25) is 0 Å².